The number of hydrogen-bond acceptors (Lipinski definition) is 2. The van der Waals surface area contributed by atoms with E-state index in [4.69, 9.17) is 10.5 Å². The molecule has 0 radical (unpaired) electrons. The van der Waals surface area contributed by atoms with Crippen LogP contribution in [0, 0.1) is 20.8 Å². The van der Waals surface area contributed by atoms with Gasteiger partial charge in [-0.15, -0.1) is 0 Å². The molecule has 0 saturated carbocycles. The Morgan fingerprint density at radius 1 is 1.27 bits per heavy atom. The van der Waals surface area contributed by atoms with Crippen molar-refractivity contribution in [3.63, 3.8) is 0 Å². The van der Waals surface area contributed by atoms with E-state index < -0.39 is 5.91 Å². The van der Waals surface area contributed by atoms with Crippen molar-refractivity contribution in [1.82, 2.24) is 4.57 Å². The fourth-order valence-corrected chi connectivity index (χ4v) is 3.06. The third-order valence-electron chi connectivity index (χ3n) is 4.06. The molecule has 0 saturated heterocycles. The van der Waals surface area contributed by atoms with E-state index in [1.807, 2.05) is 13.0 Å². The molecule has 2 N–H and O–H groups in total. The SMILES string of the molecule is COCC(C)n1c(-c2ccc(C)cc2C)cc(C(N)=O)c1C. The number of hydrogen-bond donors (Lipinski definition) is 1. The second-order valence-corrected chi connectivity index (χ2v) is 5.89. The molecule has 1 unspecified atom stereocenters. The van der Waals surface area contributed by atoms with Gasteiger partial charge in [0.05, 0.1) is 18.2 Å². The quantitative estimate of drug-likeness (QED) is 0.920. The summed E-state index contributed by atoms with van der Waals surface area (Å²) in [5.41, 5.74) is 11.5. The van der Waals surface area contributed by atoms with Crippen LogP contribution in [-0.4, -0.2) is 24.2 Å². The van der Waals surface area contributed by atoms with E-state index >= 15 is 0 Å². The highest BCUT2D eigenvalue weighted by Crippen LogP contribution is 2.31. The Balaban J connectivity index is 2.68. The van der Waals surface area contributed by atoms with Crippen molar-refractivity contribution in [2.24, 2.45) is 5.73 Å². The minimum atomic E-state index is -0.396. The summed E-state index contributed by atoms with van der Waals surface area (Å²) in [5.74, 6) is -0.396. The number of primary amides is 1. The molecule has 118 valence electrons. The molecule has 2 aromatic rings. The molecule has 0 aliphatic rings. The molecule has 4 heteroatoms. The zero-order valence-electron chi connectivity index (χ0n) is 13.9. The number of amides is 1. The highest BCUT2D eigenvalue weighted by atomic mass is 16.5. The van der Waals surface area contributed by atoms with Crippen LogP contribution in [-0.2, 0) is 4.74 Å². The number of methoxy groups -OCH3 is 1. The predicted octanol–water partition coefficient (Wildman–Crippen LogP) is 3.39. The van der Waals surface area contributed by atoms with Gasteiger partial charge in [-0.2, -0.15) is 0 Å². The molecule has 1 heterocycles. The molecule has 1 aromatic carbocycles. The van der Waals surface area contributed by atoms with Crippen LogP contribution in [0.4, 0.5) is 0 Å². The Bertz CT molecular complexity index is 701. The number of nitrogens with two attached hydrogens (primary N) is 1. The first-order valence-electron chi connectivity index (χ1n) is 7.45. The summed E-state index contributed by atoms with van der Waals surface area (Å²) in [7, 11) is 1.68. The van der Waals surface area contributed by atoms with E-state index in [0.717, 1.165) is 17.0 Å². The number of aromatic nitrogens is 1. The van der Waals surface area contributed by atoms with Gasteiger partial charge < -0.3 is 15.0 Å². The van der Waals surface area contributed by atoms with E-state index in [1.54, 1.807) is 7.11 Å². The van der Waals surface area contributed by atoms with Gasteiger partial charge in [-0.25, -0.2) is 0 Å². The summed E-state index contributed by atoms with van der Waals surface area (Å²) >= 11 is 0. The third kappa shape index (κ3) is 2.92. The lowest BCUT2D eigenvalue weighted by Crippen LogP contribution is -2.16. The molecule has 0 spiro atoms. The minimum absolute atomic E-state index is 0.119. The number of aryl methyl sites for hydroxylation is 2. The lowest BCUT2D eigenvalue weighted by atomic mass is 10.0. The van der Waals surface area contributed by atoms with Crippen LogP contribution in [0.2, 0.25) is 0 Å². The molecule has 2 rings (SSSR count). The van der Waals surface area contributed by atoms with Crippen LogP contribution in [0.5, 0.6) is 0 Å². The van der Waals surface area contributed by atoms with Gasteiger partial charge in [0, 0.05) is 24.1 Å². The van der Waals surface area contributed by atoms with Gasteiger partial charge in [-0.05, 0) is 39.3 Å². The lowest BCUT2D eigenvalue weighted by molar-refractivity contribution is 0.0999. The Labute approximate surface area is 131 Å². The maximum atomic E-state index is 11.7. The summed E-state index contributed by atoms with van der Waals surface area (Å²) in [4.78, 5) is 11.7. The van der Waals surface area contributed by atoms with E-state index in [-0.39, 0.29) is 6.04 Å². The summed E-state index contributed by atoms with van der Waals surface area (Å²) in [6, 6.07) is 8.34. The Morgan fingerprint density at radius 3 is 2.50 bits per heavy atom. The second kappa shape index (κ2) is 6.36. The minimum Gasteiger partial charge on any atom is -0.383 e. The van der Waals surface area contributed by atoms with Gasteiger partial charge in [0.15, 0.2) is 0 Å². The normalized spacial score (nSPS) is 12.4. The number of ether oxygens (including phenoxy) is 1. The highest BCUT2D eigenvalue weighted by molar-refractivity contribution is 5.95. The molecule has 22 heavy (non-hydrogen) atoms. The van der Waals surface area contributed by atoms with E-state index in [2.05, 4.69) is 43.5 Å². The van der Waals surface area contributed by atoms with E-state index in [9.17, 15) is 4.79 Å². The third-order valence-corrected chi connectivity index (χ3v) is 4.06. The molecular formula is C18H24N2O2. The first-order chi connectivity index (χ1) is 10.4. The van der Waals surface area contributed by atoms with Crippen molar-refractivity contribution < 1.29 is 9.53 Å². The van der Waals surface area contributed by atoms with E-state index in [1.165, 1.54) is 11.1 Å². The molecule has 4 nitrogen and oxygen atoms in total. The molecule has 0 aliphatic heterocycles. The fraction of sp³-hybridized carbons (Fsp3) is 0.389. The van der Waals surface area contributed by atoms with Crippen LogP contribution < -0.4 is 5.73 Å². The van der Waals surface area contributed by atoms with Gasteiger partial charge in [0.25, 0.3) is 5.91 Å². The maximum absolute atomic E-state index is 11.7. The topological polar surface area (TPSA) is 57.2 Å². The Kier molecular flexibility index (Phi) is 4.71. The number of carbonyl (C=O) groups is 1. The summed E-state index contributed by atoms with van der Waals surface area (Å²) in [6.07, 6.45) is 0. The van der Waals surface area contributed by atoms with Gasteiger partial charge >= 0.3 is 0 Å². The Hall–Kier alpha value is -2.07. The van der Waals surface area contributed by atoms with Gasteiger partial charge in [-0.3, -0.25) is 4.79 Å². The summed E-state index contributed by atoms with van der Waals surface area (Å²) in [6.45, 7) is 8.74. The van der Waals surface area contributed by atoms with Crippen molar-refractivity contribution in [3.8, 4) is 11.3 Å². The van der Waals surface area contributed by atoms with Crippen molar-refractivity contribution in [1.29, 1.82) is 0 Å². The number of benzene rings is 1. The standard InChI is InChI=1S/C18H24N2O2/c1-11-6-7-15(12(2)8-11)17-9-16(18(19)21)14(4)20(17)13(3)10-22-5/h6-9,13H,10H2,1-5H3,(H2,19,21). The van der Waals surface area contributed by atoms with Crippen molar-refractivity contribution in [3.05, 3.63) is 46.6 Å². The average Bonchev–Trinajstić information content (AvgIpc) is 2.76. The largest absolute Gasteiger partial charge is 0.383 e. The summed E-state index contributed by atoms with van der Waals surface area (Å²) < 4.78 is 7.43. The van der Waals surface area contributed by atoms with Crippen LogP contribution in [0.3, 0.4) is 0 Å². The van der Waals surface area contributed by atoms with Crippen LogP contribution in [0.15, 0.2) is 24.3 Å². The van der Waals surface area contributed by atoms with Crippen LogP contribution >= 0.6 is 0 Å². The van der Waals surface area contributed by atoms with Gasteiger partial charge in [-0.1, -0.05) is 23.8 Å². The number of rotatable bonds is 5. The van der Waals surface area contributed by atoms with Gasteiger partial charge in [0.1, 0.15) is 0 Å². The fourth-order valence-electron chi connectivity index (χ4n) is 3.06. The summed E-state index contributed by atoms with van der Waals surface area (Å²) in [5, 5.41) is 0. The van der Waals surface area contributed by atoms with Crippen molar-refractivity contribution in [2.45, 2.75) is 33.7 Å². The molecule has 1 atom stereocenters. The molecule has 0 fully saturated rings. The first-order valence-corrected chi connectivity index (χ1v) is 7.45. The molecule has 0 bridgehead atoms. The second-order valence-electron chi connectivity index (χ2n) is 5.89. The monoisotopic (exact) mass is 300 g/mol. The van der Waals surface area contributed by atoms with E-state index in [0.29, 0.717) is 12.2 Å². The van der Waals surface area contributed by atoms with Crippen molar-refractivity contribution >= 4 is 5.91 Å². The molecular weight excluding hydrogens is 276 g/mol. The first kappa shape index (κ1) is 16.3. The lowest BCUT2D eigenvalue weighted by Gasteiger charge is -2.20. The average molecular weight is 300 g/mol. The van der Waals surface area contributed by atoms with Crippen molar-refractivity contribution in [2.75, 3.05) is 13.7 Å². The van der Waals surface area contributed by atoms with Crippen LogP contribution in [0.1, 0.15) is 40.1 Å². The van der Waals surface area contributed by atoms with Gasteiger partial charge in [0.2, 0.25) is 0 Å². The molecule has 0 aliphatic carbocycles. The van der Waals surface area contributed by atoms with Crippen LogP contribution in [0.25, 0.3) is 11.3 Å². The number of carbonyl (C=O) groups excluding carboxylic acids is 1. The molecule has 1 amide bonds. The highest BCUT2D eigenvalue weighted by Gasteiger charge is 2.21. The smallest absolute Gasteiger partial charge is 0.250 e. The maximum Gasteiger partial charge on any atom is 0.250 e. The predicted molar refractivity (Wildman–Crippen MR) is 89.2 cm³/mol. The zero-order chi connectivity index (χ0) is 16.4. The number of nitrogens with zero attached hydrogens (tertiary/aromatic N) is 1. The molecule has 1 aromatic heterocycles. The zero-order valence-corrected chi connectivity index (χ0v) is 13.9. The Morgan fingerprint density at radius 2 is 1.95 bits per heavy atom.